The lowest BCUT2D eigenvalue weighted by Gasteiger charge is -2.44. The van der Waals surface area contributed by atoms with Crippen molar-refractivity contribution in [2.45, 2.75) is 69.0 Å². The van der Waals surface area contributed by atoms with E-state index < -0.39 is 0 Å². The monoisotopic (exact) mass is 682 g/mol. The second kappa shape index (κ2) is 12.2. The van der Waals surface area contributed by atoms with Gasteiger partial charge in [-0.05, 0) is 73.3 Å². The number of hydrogen-bond acceptors (Lipinski definition) is 7. The quantitative estimate of drug-likeness (QED) is 0.210. The molecular formula is C44H54N6O. The lowest BCUT2D eigenvalue weighted by molar-refractivity contribution is 0.138. The molecule has 7 heteroatoms. The molecular weight excluding hydrogens is 629 g/mol. The van der Waals surface area contributed by atoms with Gasteiger partial charge in [0.25, 0.3) is 0 Å². The van der Waals surface area contributed by atoms with Gasteiger partial charge in [-0.2, -0.15) is 0 Å². The molecule has 2 unspecified atom stereocenters. The van der Waals surface area contributed by atoms with Crippen LogP contribution in [0.3, 0.4) is 0 Å². The highest BCUT2D eigenvalue weighted by atomic mass is 16.3. The Morgan fingerprint density at radius 1 is 0.647 bits per heavy atom. The third-order valence-electron chi connectivity index (χ3n) is 14.5. The molecule has 3 aromatic carbocycles. The number of piperidine rings is 2. The number of anilines is 4. The van der Waals surface area contributed by atoms with Crippen LogP contribution in [0, 0.1) is 11.8 Å². The average Bonchev–Trinajstić information content (AvgIpc) is 3.86. The van der Waals surface area contributed by atoms with Gasteiger partial charge in [0.15, 0.2) is 0 Å². The number of rotatable bonds is 6. The third kappa shape index (κ3) is 5.04. The van der Waals surface area contributed by atoms with Crippen molar-refractivity contribution in [3.8, 4) is 0 Å². The summed E-state index contributed by atoms with van der Waals surface area (Å²) in [4.78, 5) is 16.5. The van der Waals surface area contributed by atoms with Crippen LogP contribution in [0.25, 0.3) is 11.0 Å². The second-order valence-electron chi connectivity index (χ2n) is 17.3. The molecule has 0 amide bonds. The Kier molecular flexibility index (Phi) is 7.39. The number of benzene rings is 3. The third-order valence-corrected chi connectivity index (χ3v) is 14.5. The van der Waals surface area contributed by atoms with E-state index in [4.69, 9.17) is 4.42 Å². The van der Waals surface area contributed by atoms with Crippen LogP contribution >= 0.6 is 0 Å². The number of furan rings is 1. The molecule has 7 heterocycles. The lowest BCUT2D eigenvalue weighted by Crippen LogP contribution is -2.50. The first-order valence-electron chi connectivity index (χ1n) is 20.3. The first-order chi connectivity index (χ1) is 25.2. The molecule has 1 aromatic heterocycles. The van der Waals surface area contributed by atoms with Crippen molar-refractivity contribution in [1.29, 1.82) is 0 Å². The topological polar surface area (TPSA) is 32.6 Å². The van der Waals surface area contributed by atoms with E-state index in [1.807, 2.05) is 6.26 Å². The summed E-state index contributed by atoms with van der Waals surface area (Å²) in [6.07, 6.45) is 10.0. The molecule has 2 saturated heterocycles. The Hall–Kier alpha value is -3.68. The fraction of sp³-hybridized carbons (Fsp3) is 0.545. The molecule has 6 atom stereocenters. The molecule has 6 aliphatic heterocycles. The molecule has 11 rings (SSSR count). The van der Waals surface area contributed by atoms with E-state index in [0.717, 1.165) is 43.6 Å². The highest BCUT2D eigenvalue weighted by Gasteiger charge is 2.47. The Morgan fingerprint density at radius 2 is 1.33 bits per heavy atom. The Labute approximate surface area is 303 Å². The van der Waals surface area contributed by atoms with Gasteiger partial charge in [-0.15, -0.1) is 0 Å². The SMILES string of the molecule is CN1CCN2c3c(cccc31)[C@@H]1CN(CC3CCCC(CN4CCN5c6c(cccc64)[C@@H]4CN(Cc6cccc7ccoc67)CC[C@@H]45)C3)CC[C@@H]12. The second-order valence-corrected chi connectivity index (χ2v) is 17.3. The summed E-state index contributed by atoms with van der Waals surface area (Å²) in [7, 11) is 2.28. The van der Waals surface area contributed by atoms with E-state index in [1.165, 1.54) is 107 Å². The highest BCUT2D eigenvalue weighted by molar-refractivity contribution is 5.82. The van der Waals surface area contributed by atoms with Gasteiger partial charge in [0.2, 0.25) is 0 Å². The van der Waals surface area contributed by atoms with Crippen LogP contribution in [-0.2, 0) is 6.54 Å². The van der Waals surface area contributed by atoms with Crippen LogP contribution in [0.1, 0.15) is 67.1 Å². The molecule has 1 saturated carbocycles. The Morgan fingerprint density at radius 3 is 2.16 bits per heavy atom. The number of hydrogen-bond donors (Lipinski definition) is 0. The number of likely N-dealkylation sites (N-methyl/N-ethyl adjacent to an activating group) is 1. The molecule has 7 nitrogen and oxygen atoms in total. The first-order valence-corrected chi connectivity index (χ1v) is 20.3. The molecule has 1 aliphatic carbocycles. The van der Waals surface area contributed by atoms with Gasteiger partial charge in [0, 0.05) is 114 Å². The average molecular weight is 683 g/mol. The van der Waals surface area contributed by atoms with E-state index in [-0.39, 0.29) is 0 Å². The van der Waals surface area contributed by atoms with Gasteiger partial charge in [0.1, 0.15) is 5.58 Å². The van der Waals surface area contributed by atoms with Crippen LogP contribution in [0.4, 0.5) is 22.7 Å². The number of para-hydroxylation sites is 3. The largest absolute Gasteiger partial charge is 0.464 e. The Bertz CT molecular complexity index is 1940. The van der Waals surface area contributed by atoms with Crippen molar-refractivity contribution in [3.63, 3.8) is 0 Å². The molecule has 0 N–H and O–H groups in total. The van der Waals surface area contributed by atoms with E-state index in [1.54, 1.807) is 22.5 Å². The zero-order valence-electron chi connectivity index (χ0n) is 30.4. The van der Waals surface area contributed by atoms with Gasteiger partial charge in [0.05, 0.1) is 29.0 Å². The van der Waals surface area contributed by atoms with Gasteiger partial charge in [-0.3, -0.25) is 4.90 Å². The standard InChI is InChI=1S/C44H54N6O/c1-45-19-21-49-38-14-17-46(28-36(38)34-10-4-12-40(45)42(34)49)25-30-6-2-7-31(24-30)26-48-20-22-50-39-15-18-47(27-33-9-3-8-32-16-23-51-44(32)33)29-37(39)35-11-5-13-41(48)43(35)50/h3-5,8-13,16,23,30-31,36-39H,2,6-7,14-15,17-22,24-29H2,1H3/t30?,31?,36-,37-,38-,39-/m0/s1. The number of likely N-dealkylation sites (tertiary alicyclic amines) is 2. The minimum Gasteiger partial charge on any atom is -0.464 e. The number of nitrogens with zero attached hydrogens (tertiary/aromatic N) is 6. The van der Waals surface area contributed by atoms with Crippen molar-refractivity contribution < 1.29 is 4.42 Å². The Balaban J connectivity index is 0.756. The van der Waals surface area contributed by atoms with Crippen LogP contribution < -0.4 is 19.6 Å². The van der Waals surface area contributed by atoms with Crippen molar-refractivity contribution in [1.82, 2.24) is 9.80 Å². The van der Waals surface area contributed by atoms with Crippen LogP contribution in [0.5, 0.6) is 0 Å². The van der Waals surface area contributed by atoms with Crippen molar-refractivity contribution in [2.24, 2.45) is 11.8 Å². The van der Waals surface area contributed by atoms with Crippen LogP contribution in [-0.4, -0.2) is 94.4 Å². The van der Waals surface area contributed by atoms with E-state index in [9.17, 15) is 0 Å². The van der Waals surface area contributed by atoms with Crippen LogP contribution in [0.2, 0.25) is 0 Å². The summed E-state index contributed by atoms with van der Waals surface area (Å²) in [5.41, 5.74) is 11.7. The smallest absolute Gasteiger partial charge is 0.138 e. The lowest BCUT2D eigenvalue weighted by atomic mass is 9.80. The molecule has 51 heavy (non-hydrogen) atoms. The molecule has 266 valence electrons. The zero-order valence-corrected chi connectivity index (χ0v) is 30.4. The molecule has 0 bridgehead atoms. The summed E-state index contributed by atoms with van der Waals surface area (Å²) in [6, 6.07) is 24.4. The maximum Gasteiger partial charge on any atom is 0.138 e. The van der Waals surface area contributed by atoms with Crippen molar-refractivity contribution >= 4 is 33.7 Å². The van der Waals surface area contributed by atoms with Gasteiger partial charge < -0.3 is 28.9 Å². The molecule has 0 spiro atoms. The molecule has 7 aliphatic rings. The fourth-order valence-corrected chi connectivity index (χ4v) is 12.2. The maximum atomic E-state index is 5.91. The van der Waals surface area contributed by atoms with Crippen LogP contribution in [0.15, 0.2) is 71.3 Å². The predicted molar refractivity (Wildman–Crippen MR) is 209 cm³/mol. The number of fused-ring (bicyclic) bond motifs is 7. The van der Waals surface area contributed by atoms with E-state index in [2.05, 4.69) is 97.1 Å². The normalized spacial score (nSPS) is 30.1. The minimum atomic E-state index is 0.595. The summed E-state index contributed by atoms with van der Waals surface area (Å²) in [6.45, 7) is 13.0. The maximum absolute atomic E-state index is 5.91. The molecule has 4 aromatic rings. The van der Waals surface area contributed by atoms with Gasteiger partial charge >= 0.3 is 0 Å². The summed E-state index contributed by atoms with van der Waals surface area (Å²) >= 11 is 0. The fourth-order valence-electron chi connectivity index (χ4n) is 12.2. The van der Waals surface area contributed by atoms with E-state index >= 15 is 0 Å². The highest BCUT2D eigenvalue weighted by Crippen LogP contribution is 2.52. The first kappa shape index (κ1) is 30.9. The summed E-state index contributed by atoms with van der Waals surface area (Å²) < 4.78 is 5.91. The molecule has 3 fully saturated rings. The summed E-state index contributed by atoms with van der Waals surface area (Å²) in [5.74, 6) is 2.92. The van der Waals surface area contributed by atoms with E-state index in [0.29, 0.717) is 23.9 Å². The van der Waals surface area contributed by atoms with Crippen molar-refractivity contribution in [2.75, 3.05) is 92.1 Å². The molecule has 0 radical (unpaired) electrons. The predicted octanol–water partition coefficient (Wildman–Crippen LogP) is 7.37. The van der Waals surface area contributed by atoms with Gasteiger partial charge in [-0.25, -0.2) is 0 Å². The summed E-state index contributed by atoms with van der Waals surface area (Å²) in [5, 5.41) is 1.22. The minimum absolute atomic E-state index is 0.595. The zero-order chi connectivity index (χ0) is 33.6. The van der Waals surface area contributed by atoms with Gasteiger partial charge in [-0.1, -0.05) is 48.9 Å². The van der Waals surface area contributed by atoms with Crippen molar-refractivity contribution in [3.05, 3.63) is 83.6 Å².